The molecule has 0 saturated heterocycles. The number of H-pyrrole nitrogens is 1. The van der Waals surface area contributed by atoms with Crippen LogP contribution in [0.25, 0.3) is 0 Å². The molecule has 0 unspecified atom stereocenters. The molecule has 1 aliphatic heterocycles. The third kappa shape index (κ3) is 2.96. The van der Waals surface area contributed by atoms with E-state index in [0.29, 0.717) is 26.1 Å². The second kappa shape index (κ2) is 6.19. The first kappa shape index (κ1) is 14.6. The summed E-state index contributed by atoms with van der Waals surface area (Å²) in [6, 6.07) is 9.90. The molecule has 6 heteroatoms. The number of amides is 1. The van der Waals surface area contributed by atoms with Crippen molar-refractivity contribution >= 4 is 5.91 Å². The van der Waals surface area contributed by atoms with Crippen LogP contribution >= 0.6 is 0 Å². The third-order valence-electron chi connectivity index (χ3n) is 4.03. The number of fused-ring (bicyclic) bond motifs is 1. The Morgan fingerprint density at radius 1 is 1.32 bits per heavy atom. The second-order valence-electron chi connectivity index (χ2n) is 5.58. The number of nitrogens with zero attached hydrogens (tertiary/aromatic N) is 2. The summed E-state index contributed by atoms with van der Waals surface area (Å²) < 4.78 is 1.66. The average molecular weight is 300 g/mol. The van der Waals surface area contributed by atoms with Gasteiger partial charge in [0.05, 0.1) is 18.8 Å². The van der Waals surface area contributed by atoms with Crippen molar-refractivity contribution in [3.63, 3.8) is 0 Å². The van der Waals surface area contributed by atoms with Crippen LogP contribution in [0.5, 0.6) is 0 Å². The van der Waals surface area contributed by atoms with Crippen molar-refractivity contribution in [3.05, 3.63) is 57.5 Å². The molecule has 0 saturated carbocycles. The highest BCUT2D eigenvalue weighted by molar-refractivity contribution is 5.77. The monoisotopic (exact) mass is 300 g/mol. The van der Waals surface area contributed by atoms with Gasteiger partial charge in [-0.25, -0.2) is 4.68 Å². The molecule has 2 heterocycles. The zero-order valence-corrected chi connectivity index (χ0v) is 12.6. The van der Waals surface area contributed by atoms with Gasteiger partial charge in [0.2, 0.25) is 5.91 Å². The highest BCUT2D eigenvalue weighted by Crippen LogP contribution is 2.14. The fourth-order valence-corrected chi connectivity index (χ4v) is 2.83. The van der Waals surface area contributed by atoms with Crippen molar-refractivity contribution in [1.29, 1.82) is 0 Å². The molecule has 6 nitrogen and oxygen atoms in total. The Bertz CT molecular complexity index is 717. The number of hydrogen-bond acceptors (Lipinski definition) is 3. The largest absolute Gasteiger partial charge is 0.358 e. The Morgan fingerprint density at radius 3 is 2.82 bits per heavy atom. The summed E-state index contributed by atoms with van der Waals surface area (Å²) in [5, 5.41) is 5.83. The molecule has 22 heavy (non-hydrogen) atoms. The normalized spacial score (nSPS) is 14.6. The lowest BCUT2D eigenvalue weighted by Crippen LogP contribution is -2.39. The lowest BCUT2D eigenvalue weighted by Gasteiger charge is -2.24. The van der Waals surface area contributed by atoms with Gasteiger partial charge in [-0.2, -0.15) is 0 Å². The molecule has 1 aromatic heterocycles. The van der Waals surface area contributed by atoms with Gasteiger partial charge in [0.15, 0.2) is 0 Å². The highest BCUT2D eigenvalue weighted by Gasteiger charge is 2.23. The maximum Gasteiger partial charge on any atom is 0.270 e. The SMILES string of the molecule is CNC(=O)CN1CCc2c([nH]n(Cc3ccccc3)c2=O)C1. The summed E-state index contributed by atoms with van der Waals surface area (Å²) in [5.74, 6) is -0.00508. The van der Waals surface area contributed by atoms with Gasteiger partial charge < -0.3 is 5.32 Å². The summed E-state index contributed by atoms with van der Waals surface area (Å²) >= 11 is 0. The number of likely N-dealkylation sites (N-methyl/N-ethyl adjacent to an activating group) is 1. The van der Waals surface area contributed by atoms with Crippen LogP contribution in [0.2, 0.25) is 0 Å². The summed E-state index contributed by atoms with van der Waals surface area (Å²) in [4.78, 5) is 26.0. The van der Waals surface area contributed by atoms with Crippen molar-refractivity contribution in [2.45, 2.75) is 19.5 Å². The standard InChI is InChI=1S/C16H20N4O2/c1-17-15(21)11-19-8-7-13-14(10-19)18-20(16(13)22)9-12-5-3-2-4-6-12/h2-6,18H,7-11H2,1H3,(H,17,21). The van der Waals surface area contributed by atoms with E-state index in [0.717, 1.165) is 23.4 Å². The van der Waals surface area contributed by atoms with E-state index in [1.54, 1.807) is 11.7 Å². The molecule has 0 spiro atoms. The number of benzene rings is 1. The molecule has 2 aromatic rings. The zero-order valence-electron chi connectivity index (χ0n) is 12.6. The molecule has 1 amide bonds. The number of aromatic amines is 1. The van der Waals surface area contributed by atoms with Crippen LogP contribution in [0, 0.1) is 0 Å². The Kier molecular flexibility index (Phi) is 4.11. The second-order valence-corrected chi connectivity index (χ2v) is 5.58. The lowest BCUT2D eigenvalue weighted by molar-refractivity contribution is -0.121. The quantitative estimate of drug-likeness (QED) is 0.855. The number of rotatable bonds is 4. The van der Waals surface area contributed by atoms with E-state index in [1.807, 2.05) is 35.2 Å². The Hall–Kier alpha value is -2.34. The first-order valence-electron chi connectivity index (χ1n) is 7.45. The minimum atomic E-state index is -0.00508. The maximum atomic E-state index is 12.4. The maximum absolute atomic E-state index is 12.4. The van der Waals surface area contributed by atoms with E-state index in [-0.39, 0.29) is 11.5 Å². The Balaban J connectivity index is 1.77. The minimum Gasteiger partial charge on any atom is -0.358 e. The molecule has 1 aromatic carbocycles. The van der Waals surface area contributed by atoms with Crippen LogP contribution in [0.1, 0.15) is 16.8 Å². The van der Waals surface area contributed by atoms with Crippen LogP contribution < -0.4 is 10.9 Å². The van der Waals surface area contributed by atoms with Crippen molar-refractivity contribution in [1.82, 2.24) is 20.0 Å². The lowest BCUT2D eigenvalue weighted by atomic mass is 10.1. The Morgan fingerprint density at radius 2 is 2.09 bits per heavy atom. The summed E-state index contributed by atoms with van der Waals surface area (Å²) in [5.41, 5.74) is 2.92. The minimum absolute atomic E-state index is 0.00508. The van der Waals surface area contributed by atoms with Crippen molar-refractivity contribution in [2.24, 2.45) is 0 Å². The van der Waals surface area contributed by atoms with Gasteiger partial charge in [0, 0.05) is 25.7 Å². The van der Waals surface area contributed by atoms with Gasteiger partial charge in [-0.3, -0.25) is 19.6 Å². The van der Waals surface area contributed by atoms with Crippen LogP contribution in [0.3, 0.4) is 0 Å². The van der Waals surface area contributed by atoms with E-state index in [9.17, 15) is 9.59 Å². The van der Waals surface area contributed by atoms with Crippen molar-refractivity contribution in [3.8, 4) is 0 Å². The van der Waals surface area contributed by atoms with Crippen molar-refractivity contribution in [2.75, 3.05) is 20.1 Å². The van der Waals surface area contributed by atoms with Gasteiger partial charge in [-0.15, -0.1) is 0 Å². The van der Waals surface area contributed by atoms with Crippen molar-refractivity contribution < 1.29 is 4.79 Å². The smallest absolute Gasteiger partial charge is 0.270 e. The van der Waals surface area contributed by atoms with Crippen LogP contribution in [-0.2, 0) is 24.3 Å². The van der Waals surface area contributed by atoms with Gasteiger partial charge in [0.25, 0.3) is 5.56 Å². The molecule has 2 N–H and O–H groups in total. The highest BCUT2D eigenvalue weighted by atomic mass is 16.2. The van der Waals surface area contributed by atoms with E-state index in [4.69, 9.17) is 0 Å². The molecule has 0 atom stereocenters. The molecular weight excluding hydrogens is 280 g/mol. The first-order chi connectivity index (χ1) is 10.7. The van der Waals surface area contributed by atoms with Gasteiger partial charge in [0.1, 0.15) is 0 Å². The first-order valence-corrected chi connectivity index (χ1v) is 7.45. The number of carbonyl (C=O) groups is 1. The fraction of sp³-hybridized carbons (Fsp3) is 0.375. The topological polar surface area (TPSA) is 70.1 Å². The molecule has 0 radical (unpaired) electrons. The molecule has 0 bridgehead atoms. The molecule has 0 fully saturated rings. The van der Waals surface area contributed by atoms with E-state index < -0.39 is 0 Å². The molecule has 3 rings (SSSR count). The predicted octanol–water partition coefficient (Wildman–Crippen LogP) is 0.329. The Labute approximate surface area is 128 Å². The van der Waals surface area contributed by atoms with E-state index in [1.165, 1.54) is 0 Å². The fourth-order valence-electron chi connectivity index (χ4n) is 2.83. The van der Waals surface area contributed by atoms with Crippen LogP contribution in [0.15, 0.2) is 35.1 Å². The molecule has 1 aliphatic rings. The number of carbonyl (C=O) groups excluding carboxylic acids is 1. The molecule has 116 valence electrons. The molecular formula is C16H20N4O2. The van der Waals surface area contributed by atoms with E-state index in [2.05, 4.69) is 10.4 Å². The van der Waals surface area contributed by atoms with Gasteiger partial charge in [-0.05, 0) is 12.0 Å². The zero-order chi connectivity index (χ0) is 15.5. The number of aromatic nitrogens is 2. The average Bonchev–Trinajstić information content (AvgIpc) is 2.84. The van der Waals surface area contributed by atoms with E-state index >= 15 is 0 Å². The summed E-state index contributed by atoms with van der Waals surface area (Å²) in [6.45, 7) is 2.25. The summed E-state index contributed by atoms with van der Waals surface area (Å²) in [7, 11) is 1.63. The predicted molar refractivity (Wildman–Crippen MR) is 83.6 cm³/mol. The van der Waals surface area contributed by atoms with Crippen LogP contribution in [-0.4, -0.2) is 40.7 Å². The number of nitrogens with one attached hydrogen (secondary N) is 2. The summed E-state index contributed by atoms with van der Waals surface area (Å²) in [6.07, 6.45) is 0.684. The number of hydrogen-bond donors (Lipinski definition) is 2. The van der Waals surface area contributed by atoms with Gasteiger partial charge in [-0.1, -0.05) is 30.3 Å². The molecule has 0 aliphatic carbocycles. The van der Waals surface area contributed by atoms with Gasteiger partial charge >= 0.3 is 0 Å². The van der Waals surface area contributed by atoms with Crippen LogP contribution in [0.4, 0.5) is 0 Å². The third-order valence-corrected chi connectivity index (χ3v) is 4.03.